The predicted octanol–water partition coefficient (Wildman–Crippen LogP) is 6.90. The number of aliphatic imine (C=N–C) groups is 1. The first-order valence-electron chi connectivity index (χ1n) is 11.8. The van der Waals surface area contributed by atoms with E-state index in [1.54, 1.807) is 32.2 Å². The fraction of sp³-hybridized carbons (Fsp3) is 0.214. The average Bonchev–Trinajstić information content (AvgIpc) is 2.87. The molecule has 202 valence electrons. The monoisotopic (exact) mass is 558 g/mol. The van der Waals surface area contributed by atoms with Crippen LogP contribution in [-0.4, -0.2) is 20.7 Å². The summed E-state index contributed by atoms with van der Waals surface area (Å²) in [5, 5.41) is 1.22. The summed E-state index contributed by atoms with van der Waals surface area (Å²) in [7, 11) is 0. The molecule has 0 amide bonds. The van der Waals surface area contributed by atoms with Gasteiger partial charge in [-0.2, -0.15) is 13.2 Å². The van der Waals surface area contributed by atoms with Crippen LogP contribution in [0.4, 0.5) is 17.6 Å². The van der Waals surface area contributed by atoms with Gasteiger partial charge in [0.15, 0.2) is 0 Å². The first-order chi connectivity index (χ1) is 18.5. The fourth-order valence-corrected chi connectivity index (χ4v) is 4.26. The van der Waals surface area contributed by atoms with Crippen LogP contribution in [0.15, 0.2) is 69.7 Å². The van der Waals surface area contributed by atoms with E-state index in [2.05, 4.69) is 15.0 Å². The molecule has 0 N–H and O–H groups in total. The number of hydrogen-bond donors (Lipinski definition) is 0. The molecule has 0 bridgehead atoms. The molecule has 0 unspecified atom stereocenters. The van der Waals surface area contributed by atoms with Crippen LogP contribution in [0.3, 0.4) is 0 Å². The zero-order valence-corrected chi connectivity index (χ0v) is 21.9. The van der Waals surface area contributed by atoms with Crippen molar-refractivity contribution in [2.75, 3.05) is 0 Å². The molecule has 4 aromatic rings. The van der Waals surface area contributed by atoms with Crippen LogP contribution in [0.25, 0.3) is 16.6 Å². The standard InChI is InChI=1S/C28H23ClF4N4O2/c1-4-34-25(17(3)29)21-11-16(2)36-26-20(21)7-5-9-24(26)39-15-18-12-19(30)13-35-23(18)14-37-10-6-8-22(27(37)38)28(31,32)33/h4-13H,14-15H2,1-3H3/b25-17+,34-4-. The van der Waals surface area contributed by atoms with E-state index < -0.39 is 23.1 Å². The zero-order valence-electron chi connectivity index (χ0n) is 21.2. The van der Waals surface area contributed by atoms with Crippen LogP contribution in [0.5, 0.6) is 5.75 Å². The van der Waals surface area contributed by atoms with Crippen molar-refractivity contribution in [2.24, 2.45) is 4.99 Å². The molecular formula is C28H23ClF4N4O2. The van der Waals surface area contributed by atoms with E-state index in [1.807, 2.05) is 19.1 Å². The molecule has 0 aliphatic carbocycles. The van der Waals surface area contributed by atoms with E-state index in [-0.39, 0.29) is 24.4 Å². The third kappa shape index (κ3) is 6.17. The Labute approximate surface area is 226 Å². The summed E-state index contributed by atoms with van der Waals surface area (Å²) in [6, 6.07) is 10.2. The molecule has 0 saturated heterocycles. The molecule has 39 heavy (non-hydrogen) atoms. The smallest absolute Gasteiger partial charge is 0.421 e. The van der Waals surface area contributed by atoms with E-state index in [9.17, 15) is 22.4 Å². The molecule has 0 atom stereocenters. The summed E-state index contributed by atoms with van der Waals surface area (Å²) in [6.45, 7) is 4.85. The summed E-state index contributed by atoms with van der Waals surface area (Å²) in [6.07, 6.45) is -1.02. The number of pyridine rings is 3. The maximum absolute atomic E-state index is 14.1. The molecule has 1 aromatic carbocycles. The lowest BCUT2D eigenvalue weighted by molar-refractivity contribution is -0.138. The van der Waals surface area contributed by atoms with E-state index in [4.69, 9.17) is 16.3 Å². The number of rotatable bonds is 7. The molecule has 0 aliphatic rings. The van der Waals surface area contributed by atoms with Crippen molar-refractivity contribution in [2.45, 2.75) is 40.1 Å². The number of allylic oxidation sites excluding steroid dienone is 1. The van der Waals surface area contributed by atoms with Crippen molar-refractivity contribution in [3.63, 3.8) is 0 Å². The molecule has 11 heteroatoms. The highest BCUT2D eigenvalue weighted by atomic mass is 35.5. The first kappa shape index (κ1) is 28.0. The minimum absolute atomic E-state index is 0.178. The number of aryl methyl sites for hydroxylation is 1. The Morgan fingerprint density at radius 1 is 1.21 bits per heavy atom. The van der Waals surface area contributed by atoms with Crippen LogP contribution in [0.1, 0.15) is 41.9 Å². The Bertz CT molecular complexity index is 1660. The number of ether oxygens (including phenoxy) is 1. The maximum atomic E-state index is 14.1. The fourth-order valence-electron chi connectivity index (χ4n) is 4.11. The highest BCUT2D eigenvalue weighted by molar-refractivity contribution is 6.32. The number of benzene rings is 1. The second-order valence-electron chi connectivity index (χ2n) is 8.63. The molecule has 6 nitrogen and oxygen atoms in total. The van der Waals surface area contributed by atoms with Gasteiger partial charge in [0.25, 0.3) is 5.56 Å². The Hall–Kier alpha value is -4.05. The minimum atomic E-state index is -4.81. The van der Waals surface area contributed by atoms with Crippen LogP contribution >= 0.6 is 11.6 Å². The van der Waals surface area contributed by atoms with E-state index >= 15 is 0 Å². The molecule has 0 radical (unpaired) electrons. The quantitative estimate of drug-likeness (QED) is 0.183. The Morgan fingerprint density at radius 3 is 2.67 bits per heavy atom. The SMILES string of the molecule is C/C=N\C(=C(/C)Cl)c1cc(C)nc2c(OCc3cc(F)cnc3Cn3cccc(C(F)(F)F)c3=O)cccc12. The highest BCUT2D eigenvalue weighted by Gasteiger charge is 2.34. The average molecular weight is 559 g/mol. The van der Waals surface area contributed by atoms with Gasteiger partial charge in [-0.3, -0.25) is 14.8 Å². The van der Waals surface area contributed by atoms with Gasteiger partial charge < -0.3 is 9.30 Å². The lowest BCUT2D eigenvalue weighted by Gasteiger charge is -2.15. The number of alkyl halides is 3. The summed E-state index contributed by atoms with van der Waals surface area (Å²) in [5.74, 6) is -0.274. The van der Waals surface area contributed by atoms with Crippen LogP contribution in [0, 0.1) is 12.7 Å². The van der Waals surface area contributed by atoms with Crippen LogP contribution in [0.2, 0.25) is 0 Å². The number of halogens is 5. The number of nitrogens with zero attached hydrogens (tertiary/aromatic N) is 4. The highest BCUT2D eigenvalue weighted by Crippen LogP contribution is 2.34. The zero-order chi connectivity index (χ0) is 28.3. The maximum Gasteiger partial charge on any atom is 0.421 e. The van der Waals surface area contributed by atoms with Crippen LogP contribution in [-0.2, 0) is 19.3 Å². The van der Waals surface area contributed by atoms with Gasteiger partial charge in [-0.1, -0.05) is 23.7 Å². The number of para-hydroxylation sites is 1. The molecule has 4 rings (SSSR count). The van der Waals surface area contributed by atoms with E-state index in [0.29, 0.717) is 33.8 Å². The normalized spacial score (nSPS) is 12.7. The third-order valence-electron chi connectivity index (χ3n) is 5.83. The molecule has 0 saturated carbocycles. The van der Waals surface area contributed by atoms with Crippen molar-refractivity contribution < 1.29 is 22.3 Å². The van der Waals surface area contributed by atoms with Crippen molar-refractivity contribution in [1.82, 2.24) is 14.5 Å². The van der Waals surface area contributed by atoms with Gasteiger partial charge in [0.2, 0.25) is 0 Å². The van der Waals surface area contributed by atoms with Gasteiger partial charge in [-0.25, -0.2) is 9.37 Å². The second-order valence-corrected chi connectivity index (χ2v) is 9.20. The lowest BCUT2D eigenvalue weighted by atomic mass is 10.0. The van der Waals surface area contributed by atoms with Gasteiger partial charge in [-0.05, 0) is 51.1 Å². The van der Waals surface area contributed by atoms with E-state index in [1.165, 1.54) is 12.3 Å². The Balaban J connectivity index is 1.71. The van der Waals surface area contributed by atoms with Gasteiger partial charge in [0, 0.05) is 39.7 Å². The molecule has 0 spiro atoms. The molecule has 0 aliphatic heterocycles. The second kappa shape index (κ2) is 11.4. The molecule has 0 fully saturated rings. The lowest BCUT2D eigenvalue weighted by Crippen LogP contribution is -2.28. The van der Waals surface area contributed by atoms with Crippen molar-refractivity contribution in [1.29, 1.82) is 0 Å². The largest absolute Gasteiger partial charge is 0.487 e. The molecule has 3 heterocycles. The third-order valence-corrected chi connectivity index (χ3v) is 6.00. The topological polar surface area (TPSA) is 69.4 Å². The van der Waals surface area contributed by atoms with Crippen LogP contribution < -0.4 is 10.3 Å². The minimum Gasteiger partial charge on any atom is -0.487 e. The van der Waals surface area contributed by atoms with Crippen molar-refractivity contribution in [3.05, 3.63) is 104 Å². The summed E-state index contributed by atoms with van der Waals surface area (Å²) < 4.78 is 60.7. The molecule has 3 aromatic heterocycles. The van der Waals surface area contributed by atoms with Crippen molar-refractivity contribution >= 4 is 34.4 Å². The summed E-state index contributed by atoms with van der Waals surface area (Å²) in [5.41, 5.74) is 0.463. The Kier molecular flexibility index (Phi) is 8.15. The van der Waals surface area contributed by atoms with Crippen molar-refractivity contribution in [3.8, 4) is 5.75 Å². The number of fused-ring (bicyclic) bond motifs is 1. The predicted molar refractivity (Wildman–Crippen MR) is 142 cm³/mol. The van der Waals surface area contributed by atoms with E-state index in [0.717, 1.165) is 27.8 Å². The number of hydrogen-bond acceptors (Lipinski definition) is 5. The van der Waals surface area contributed by atoms with Gasteiger partial charge >= 0.3 is 6.18 Å². The Morgan fingerprint density at radius 2 is 1.97 bits per heavy atom. The van der Waals surface area contributed by atoms with Gasteiger partial charge in [0.05, 0.1) is 24.1 Å². The first-order valence-corrected chi connectivity index (χ1v) is 12.2. The van der Waals surface area contributed by atoms with Gasteiger partial charge in [0.1, 0.15) is 29.3 Å². The summed E-state index contributed by atoms with van der Waals surface area (Å²) >= 11 is 6.32. The number of aromatic nitrogens is 3. The molecular weight excluding hydrogens is 536 g/mol. The van der Waals surface area contributed by atoms with Gasteiger partial charge in [-0.15, -0.1) is 0 Å². The summed E-state index contributed by atoms with van der Waals surface area (Å²) in [4.78, 5) is 25.5.